The molecule has 0 spiro atoms. The van der Waals surface area contributed by atoms with E-state index in [2.05, 4.69) is 4.74 Å². The van der Waals surface area contributed by atoms with Gasteiger partial charge in [0.15, 0.2) is 6.61 Å². The van der Waals surface area contributed by atoms with E-state index >= 15 is 0 Å². The first-order valence-corrected chi connectivity index (χ1v) is 9.46. The summed E-state index contributed by atoms with van der Waals surface area (Å²) in [6, 6.07) is 0. The third-order valence-electron chi connectivity index (χ3n) is 4.82. The van der Waals surface area contributed by atoms with Crippen LogP contribution in [0.15, 0.2) is 0 Å². The maximum Gasteiger partial charge on any atom is 0.456 e. The number of carbonyl (C=O) groups excluding carboxylic acids is 2. The zero-order valence-electron chi connectivity index (χ0n) is 18.4. The minimum absolute atomic E-state index is 0.136. The van der Waals surface area contributed by atoms with Crippen LogP contribution in [-0.2, 0) is 19.1 Å². The molecule has 0 saturated carbocycles. The van der Waals surface area contributed by atoms with Crippen molar-refractivity contribution >= 4 is 11.9 Å². The van der Waals surface area contributed by atoms with Gasteiger partial charge in [-0.15, -0.1) is 0 Å². The van der Waals surface area contributed by atoms with Gasteiger partial charge in [-0.3, -0.25) is 9.59 Å². The van der Waals surface area contributed by atoms with Crippen molar-refractivity contribution in [1.82, 2.24) is 0 Å². The van der Waals surface area contributed by atoms with E-state index in [-0.39, 0.29) is 5.41 Å². The maximum absolute atomic E-state index is 12.9. The van der Waals surface area contributed by atoms with Crippen molar-refractivity contribution in [3.8, 4) is 0 Å². The third-order valence-corrected chi connectivity index (χ3v) is 4.82. The monoisotopic (exact) mass is 432 g/mol. The molecule has 0 aromatic rings. The normalized spacial score (nSPS) is 15.1. The Balaban J connectivity index is 5.09. The van der Waals surface area contributed by atoms with E-state index in [1.165, 1.54) is 13.8 Å². The Morgan fingerprint density at radius 1 is 0.897 bits per heavy atom. The summed E-state index contributed by atoms with van der Waals surface area (Å²) in [6.45, 7) is 12.3. The molecule has 0 aromatic carbocycles. The largest absolute Gasteiger partial charge is 0.459 e. The van der Waals surface area contributed by atoms with E-state index in [0.29, 0.717) is 6.42 Å². The van der Waals surface area contributed by atoms with Crippen molar-refractivity contribution in [3.05, 3.63) is 0 Å². The predicted molar refractivity (Wildman–Crippen MR) is 98.4 cm³/mol. The Morgan fingerprint density at radius 2 is 1.38 bits per heavy atom. The highest BCUT2D eigenvalue weighted by Crippen LogP contribution is 2.40. The second kappa shape index (κ2) is 9.16. The summed E-state index contributed by atoms with van der Waals surface area (Å²) >= 11 is 0. The molecule has 29 heavy (non-hydrogen) atoms. The zero-order valence-corrected chi connectivity index (χ0v) is 18.4. The van der Waals surface area contributed by atoms with Crippen molar-refractivity contribution < 1.29 is 41.0 Å². The fraction of sp³-hybridized carbons (Fsp3) is 0.900. The highest BCUT2D eigenvalue weighted by molar-refractivity contribution is 5.75. The molecule has 0 aliphatic carbocycles. The van der Waals surface area contributed by atoms with Gasteiger partial charge in [0.05, 0.1) is 12.3 Å². The molecule has 0 heterocycles. The number of halogens is 5. The lowest BCUT2D eigenvalue weighted by molar-refractivity contribution is -0.294. The van der Waals surface area contributed by atoms with Crippen LogP contribution in [0.5, 0.6) is 0 Å². The summed E-state index contributed by atoms with van der Waals surface area (Å²) in [5, 5.41) is 0. The van der Waals surface area contributed by atoms with Crippen LogP contribution in [-0.4, -0.2) is 36.2 Å². The fourth-order valence-electron chi connectivity index (χ4n) is 2.47. The van der Waals surface area contributed by atoms with Crippen molar-refractivity contribution in [3.63, 3.8) is 0 Å². The maximum atomic E-state index is 12.9. The molecule has 0 bridgehead atoms. The van der Waals surface area contributed by atoms with Crippen LogP contribution < -0.4 is 0 Å². The molecule has 0 fully saturated rings. The molecule has 0 rings (SSSR count). The summed E-state index contributed by atoms with van der Waals surface area (Å²) in [4.78, 5) is 24.5. The Kier molecular flexibility index (Phi) is 8.72. The SMILES string of the molecule is CCC(C)(C)CC(C(=O)OC(C)(C)CC(=O)OCC(F)(F)C(F)(F)F)C(C)(C)C. The van der Waals surface area contributed by atoms with Crippen LogP contribution in [0, 0.1) is 16.7 Å². The minimum Gasteiger partial charge on any atom is -0.459 e. The fourth-order valence-corrected chi connectivity index (χ4v) is 2.47. The molecule has 0 amide bonds. The second-order valence-electron chi connectivity index (χ2n) is 9.86. The summed E-state index contributed by atoms with van der Waals surface area (Å²) in [5.41, 5.74) is -2.00. The van der Waals surface area contributed by atoms with Gasteiger partial charge in [0.25, 0.3) is 0 Å². The Morgan fingerprint density at radius 3 is 1.76 bits per heavy atom. The van der Waals surface area contributed by atoms with Gasteiger partial charge in [0.2, 0.25) is 0 Å². The molecule has 1 atom stereocenters. The topological polar surface area (TPSA) is 52.6 Å². The van der Waals surface area contributed by atoms with Crippen LogP contribution in [0.2, 0.25) is 0 Å². The molecule has 0 saturated heterocycles. The minimum atomic E-state index is -5.82. The molecule has 1 unspecified atom stereocenters. The first kappa shape index (κ1) is 27.6. The molecule has 0 aromatic heterocycles. The van der Waals surface area contributed by atoms with Gasteiger partial charge in [-0.1, -0.05) is 48.0 Å². The van der Waals surface area contributed by atoms with E-state index in [1.807, 2.05) is 41.5 Å². The van der Waals surface area contributed by atoms with Crippen LogP contribution in [0.3, 0.4) is 0 Å². The van der Waals surface area contributed by atoms with Gasteiger partial charge in [-0.25, -0.2) is 0 Å². The predicted octanol–water partition coefficient (Wildman–Crippen LogP) is 5.93. The molecule has 4 nitrogen and oxygen atoms in total. The van der Waals surface area contributed by atoms with Crippen LogP contribution in [0.25, 0.3) is 0 Å². The average molecular weight is 432 g/mol. The van der Waals surface area contributed by atoms with E-state index in [9.17, 15) is 31.5 Å². The van der Waals surface area contributed by atoms with Crippen LogP contribution in [0.1, 0.15) is 74.7 Å². The van der Waals surface area contributed by atoms with E-state index in [0.717, 1.165) is 6.42 Å². The molecule has 0 radical (unpaired) electrons. The lowest BCUT2D eigenvalue weighted by atomic mass is 9.70. The standard InChI is InChI=1S/C20H33F5O4/c1-9-17(5,6)10-13(16(2,3)4)15(27)29-18(7,8)11-14(26)28-12-19(21,22)20(23,24)25/h13H,9-12H2,1-8H3. The lowest BCUT2D eigenvalue weighted by Crippen LogP contribution is -2.43. The average Bonchev–Trinajstić information content (AvgIpc) is 2.47. The quantitative estimate of drug-likeness (QED) is 0.335. The molecular weight excluding hydrogens is 399 g/mol. The Bertz CT molecular complexity index is 574. The molecule has 0 aliphatic rings. The third kappa shape index (κ3) is 9.30. The summed E-state index contributed by atoms with van der Waals surface area (Å²) in [6.07, 6.45) is -5.11. The molecule has 9 heteroatoms. The van der Waals surface area contributed by atoms with Crippen molar-refractivity contribution in [2.24, 2.45) is 16.7 Å². The Hall–Kier alpha value is -1.41. The summed E-state index contributed by atoms with van der Waals surface area (Å²) in [7, 11) is 0. The van der Waals surface area contributed by atoms with E-state index < -0.39 is 54.0 Å². The number of esters is 2. The number of alkyl halides is 5. The molecule has 0 aliphatic heterocycles. The number of rotatable bonds is 9. The van der Waals surface area contributed by atoms with E-state index in [1.54, 1.807) is 0 Å². The van der Waals surface area contributed by atoms with Gasteiger partial charge >= 0.3 is 24.0 Å². The number of ether oxygens (including phenoxy) is 2. The highest BCUT2D eigenvalue weighted by Gasteiger charge is 2.58. The van der Waals surface area contributed by atoms with Crippen molar-refractivity contribution in [2.75, 3.05) is 6.61 Å². The van der Waals surface area contributed by atoms with Crippen molar-refractivity contribution in [1.29, 1.82) is 0 Å². The number of hydrogen-bond donors (Lipinski definition) is 0. The van der Waals surface area contributed by atoms with Crippen LogP contribution >= 0.6 is 0 Å². The summed E-state index contributed by atoms with van der Waals surface area (Å²) in [5.74, 6) is -7.51. The second-order valence-corrected chi connectivity index (χ2v) is 9.86. The van der Waals surface area contributed by atoms with Gasteiger partial charge < -0.3 is 9.47 Å². The van der Waals surface area contributed by atoms with Gasteiger partial charge in [0, 0.05) is 0 Å². The smallest absolute Gasteiger partial charge is 0.456 e. The number of carbonyl (C=O) groups is 2. The van der Waals surface area contributed by atoms with Crippen molar-refractivity contribution in [2.45, 2.75) is 92.4 Å². The lowest BCUT2D eigenvalue weighted by Gasteiger charge is -2.37. The van der Waals surface area contributed by atoms with Gasteiger partial charge in [-0.2, -0.15) is 22.0 Å². The molecular formula is C20H33F5O4. The van der Waals surface area contributed by atoms with E-state index in [4.69, 9.17) is 4.74 Å². The van der Waals surface area contributed by atoms with Gasteiger partial charge in [-0.05, 0) is 31.1 Å². The molecule has 0 N–H and O–H groups in total. The van der Waals surface area contributed by atoms with Crippen LogP contribution in [0.4, 0.5) is 22.0 Å². The first-order valence-electron chi connectivity index (χ1n) is 9.46. The highest BCUT2D eigenvalue weighted by atomic mass is 19.4. The Labute approximate surface area is 169 Å². The molecule has 172 valence electrons. The summed E-state index contributed by atoms with van der Waals surface area (Å²) < 4.78 is 71.7. The first-order chi connectivity index (χ1) is 12.6. The van der Waals surface area contributed by atoms with Gasteiger partial charge in [0.1, 0.15) is 5.60 Å². The number of hydrogen-bond acceptors (Lipinski definition) is 4. The zero-order chi connectivity index (χ0) is 23.5.